The largest absolute Gasteiger partial charge is 0.477 e. The minimum absolute atomic E-state index is 0.591. The van der Waals surface area contributed by atoms with Crippen molar-refractivity contribution in [1.29, 1.82) is 0 Å². The summed E-state index contributed by atoms with van der Waals surface area (Å²) in [5.74, 6) is 0.591. The van der Waals surface area contributed by atoms with Crippen LogP contribution in [0.1, 0.15) is 40.3 Å². The smallest absolute Gasteiger partial charge is 0.233 e. The van der Waals surface area contributed by atoms with Crippen LogP contribution in [-0.4, -0.2) is 16.8 Å². The molecule has 0 N–H and O–H groups in total. The van der Waals surface area contributed by atoms with Gasteiger partial charge in [0.2, 0.25) is 5.88 Å². The molecule has 0 aromatic carbocycles. The van der Waals surface area contributed by atoms with Crippen LogP contribution in [0.2, 0.25) is 0 Å². The van der Waals surface area contributed by atoms with E-state index in [0.29, 0.717) is 12.5 Å². The van der Waals surface area contributed by atoms with Gasteiger partial charge in [-0.15, -0.1) is 5.10 Å². The molecule has 0 saturated carbocycles. The zero-order chi connectivity index (χ0) is 11.4. The Labute approximate surface area is 87.5 Å². The fourth-order valence-electron chi connectivity index (χ4n) is 0.612. The molecule has 0 fully saturated rings. The zero-order valence-corrected chi connectivity index (χ0v) is 10.2. The molecule has 0 aliphatic rings. The van der Waals surface area contributed by atoms with Crippen LogP contribution in [0, 0.1) is 6.92 Å². The van der Waals surface area contributed by atoms with E-state index in [4.69, 9.17) is 4.74 Å². The van der Waals surface area contributed by atoms with Crippen LogP contribution >= 0.6 is 0 Å². The number of hydrogen-bond donors (Lipinski definition) is 0. The Hall–Kier alpha value is -1.12. The number of hydrogen-bond acceptors (Lipinski definition) is 3. The van der Waals surface area contributed by atoms with E-state index in [0.717, 1.165) is 5.69 Å². The standard InChI is InChI=1S/C7H10N2O.2C2H6/c1-3-10-7-5-4-6(2)8-9-7;2*1-2/h4-5H,3H2,1-2H3;2*1-2H3. The molecule has 1 rings (SSSR count). The Kier molecular flexibility index (Phi) is 13.0. The van der Waals surface area contributed by atoms with E-state index in [1.165, 1.54) is 0 Å². The van der Waals surface area contributed by atoms with Gasteiger partial charge in [0.05, 0.1) is 12.3 Å². The number of rotatable bonds is 2. The van der Waals surface area contributed by atoms with Gasteiger partial charge in [-0.3, -0.25) is 0 Å². The lowest BCUT2D eigenvalue weighted by molar-refractivity contribution is 0.322. The number of aryl methyl sites for hydroxylation is 1. The minimum Gasteiger partial charge on any atom is -0.477 e. The van der Waals surface area contributed by atoms with E-state index in [1.807, 2.05) is 53.7 Å². The molecule has 3 nitrogen and oxygen atoms in total. The van der Waals surface area contributed by atoms with Crippen LogP contribution in [0.5, 0.6) is 5.88 Å². The number of ether oxygens (including phenoxy) is 1. The van der Waals surface area contributed by atoms with Gasteiger partial charge in [-0.05, 0) is 19.9 Å². The lowest BCUT2D eigenvalue weighted by Crippen LogP contribution is -1.95. The first-order chi connectivity index (χ1) is 6.83. The van der Waals surface area contributed by atoms with Crippen LogP contribution in [0.3, 0.4) is 0 Å². The summed E-state index contributed by atoms with van der Waals surface area (Å²) >= 11 is 0. The fraction of sp³-hybridized carbons (Fsp3) is 0.636. The van der Waals surface area contributed by atoms with Gasteiger partial charge in [-0.1, -0.05) is 27.7 Å². The number of nitrogens with zero attached hydrogens (tertiary/aromatic N) is 2. The predicted molar refractivity (Wildman–Crippen MR) is 60.6 cm³/mol. The Morgan fingerprint density at radius 2 is 1.64 bits per heavy atom. The second-order valence-corrected chi connectivity index (χ2v) is 1.95. The predicted octanol–water partition coefficient (Wildman–Crippen LogP) is 3.24. The maximum absolute atomic E-state index is 5.09. The van der Waals surface area contributed by atoms with Crippen molar-refractivity contribution in [2.75, 3.05) is 6.61 Å². The van der Waals surface area contributed by atoms with Gasteiger partial charge in [0, 0.05) is 6.07 Å². The van der Waals surface area contributed by atoms with Crippen molar-refractivity contribution in [2.45, 2.75) is 41.5 Å². The van der Waals surface area contributed by atoms with Crippen LogP contribution < -0.4 is 4.74 Å². The first kappa shape index (κ1) is 15.4. The molecule has 1 aromatic heterocycles. The van der Waals surface area contributed by atoms with Gasteiger partial charge in [0.15, 0.2) is 0 Å². The van der Waals surface area contributed by atoms with Gasteiger partial charge in [-0.25, -0.2) is 0 Å². The van der Waals surface area contributed by atoms with Gasteiger partial charge in [-0.2, -0.15) is 5.10 Å². The molecule has 82 valence electrons. The van der Waals surface area contributed by atoms with Crippen LogP contribution in [0.4, 0.5) is 0 Å². The first-order valence-corrected chi connectivity index (χ1v) is 5.26. The summed E-state index contributed by atoms with van der Waals surface area (Å²) in [5, 5.41) is 7.62. The van der Waals surface area contributed by atoms with Crippen LogP contribution in [0.15, 0.2) is 12.1 Å². The molecule has 0 aliphatic heterocycles. The molecule has 0 spiro atoms. The first-order valence-electron chi connectivity index (χ1n) is 5.26. The summed E-state index contributed by atoms with van der Waals surface area (Å²) in [6, 6.07) is 3.68. The number of aromatic nitrogens is 2. The third-order valence-electron chi connectivity index (χ3n) is 1.07. The summed E-state index contributed by atoms with van der Waals surface area (Å²) in [5.41, 5.74) is 0.906. The molecule has 0 amide bonds. The van der Waals surface area contributed by atoms with Crippen molar-refractivity contribution in [1.82, 2.24) is 10.2 Å². The SMILES string of the molecule is CC.CC.CCOc1ccc(C)nn1. The molecule has 3 heteroatoms. The maximum Gasteiger partial charge on any atom is 0.233 e. The molecule has 0 unspecified atom stereocenters. The molecular formula is C11H22N2O. The molecule has 1 aromatic rings. The van der Waals surface area contributed by atoms with E-state index < -0.39 is 0 Å². The van der Waals surface area contributed by atoms with Crippen LogP contribution in [-0.2, 0) is 0 Å². The summed E-state index contributed by atoms with van der Waals surface area (Å²) < 4.78 is 5.09. The monoisotopic (exact) mass is 198 g/mol. The third kappa shape index (κ3) is 7.53. The minimum atomic E-state index is 0.591. The highest BCUT2D eigenvalue weighted by Gasteiger charge is 1.91. The average Bonchev–Trinajstić information content (AvgIpc) is 2.28. The highest BCUT2D eigenvalue weighted by atomic mass is 16.5. The highest BCUT2D eigenvalue weighted by molar-refractivity contribution is 5.09. The van der Waals surface area contributed by atoms with Crippen LogP contribution in [0.25, 0.3) is 0 Å². The van der Waals surface area contributed by atoms with Gasteiger partial charge >= 0.3 is 0 Å². The summed E-state index contributed by atoms with van der Waals surface area (Å²) in [6.45, 7) is 12.4. The molecule has 1 heterocycles. The van der Waals surface area contributed by atoms with Gasteiger partial charge < -0.3 is 4.74 Å². The van der Waals surface area contributed by atoms with E-state index >= 15 is 0 Å². The van der Waals surface area contributed by atoms with Crippen molar-refractivity contribution in [3.63, 3.8) is 0 Å². The Morgan fingerprint density at radius 3 is 2.00 bits per heavy atom. The Balaban J connectivity index is 0. The van der Waals surface area contributed by atoms with E-state index in [1.54, 1.807) is 0 Å². The molecule has 0 aliphatic carbocycles. The molecule has 0 atom stereocenters. The maximum atomic E-state index is 5.09. The van der Waals surface area contributed by atoms with Crippen molar-refractivity contribution in [3.8, 4) is 5.88 Å². The fourth-order valence-corrected chi connectivity index (χ4v) is 0.612. The second-order valence-electron chi connectivity index (χ2n) is 1.95. The Bertz CT molecular complexity index is 197. The molecule has 14 heavy (non-hydrogen) atoms. The third-order valence-corrected chi connectivity index (χ3v) is 1.07. The van der Waals surface area contributed by atoms with Crippen molar-refractivity contribution < 1.29 is 4.74 Å². The van der Waals surface area contributed by atoms with E-state index in [2.05, 4.69) is 10.2 Å². The average molecular weight is 198 g/mol. The second kappa shape index (κ2) is 11.9. The van der Waals surface area contributed by atoms with Crippen molar-refractivity contribution in [3.05, 3.63) is 17.8 Å². The molecule has 0 saturated heterocycles. The van der Waals surface area contributed by atoms with Gasteiger partial charge in [0.25, 0.3) is 0 Å². The van der Waals surface area contributed by atoms with Crippen molar-refractivity contribution >= 4 is 0 Å². The van der Waals surface area contributed by atoms with E-state index in [9.17, 15) is 0 Å². The van der Waals surface area contributed by atoms with Gasteiger partial charge in [0.1, 0.15) is 0 Å². The van der Waals surface area contributed by atoms with E-state index in [-0.39, 0.29) is 0 Å². The molecular weight excluding hydrogens is 176 g/mol. The summed E-state index contributed by atoms with van der Waals surface area (Å²) in [6.07, 6.45) is 0. The highest BCUT2D eigenvalue weighted by Crippen LogP contribution is 2.02. The molecule has 0 radical (unpaired) electrons. The lowest BCUT2D eigenvalue weighted by atomic mass is 10.4. The summed E-state index contributed by atoms with van der Waals surface area (Å²) in [7, 11) is 0. The summed E-state index contributed by atoms with van der Waals surface area (Å²) in [4.78, 5) is 0. The topological polar surface area (TPSA) is 35.0 Å². The Morgan fingerprint density at radius 1 is 1.07 bits per heavy atom. The quantitative estimate of drug-likeness (QED) is 0.731. The normalized spacial score (nSPS) is 7.57. The zero-order valence-electron chi connectivity index (χ0n) is 10.2. The lowest BCUT2D eigenvalue weighted by Gasteiger charge is -1.98. The molecule has 0 bridgehead atoms. The van der Waals surface area contributed by atoms with Crippen molar-refractivity contribution in [2.24, 2.45) is 0 Å².